The van der Waals surface area contributed by atoms with Crippen LogP contribution in [0.4, 0.5) is 20.6 Å². The van der Waals surface area contributed by atoms with Crippen LogP contribution in [0.3, 0.4) is 0 Å². The molecule has 2 heterocycles. The van der Waals surface area contributed by atoms with E-state index in [9.17, 15) is 14.0 Å². The number of nitrogens with zero attached hydrogens (tertiary/aromatic N) is 2. The number of carbonyl (C=O) groups excluding carboxylic acids is 2. The molecule has 2 fully saturated rings. The first-order valence-electron chi connectivity index (χ1n) is 11.5. The Hall–Kier alpha value is -3.39. The van der Waals surface area contributed by atoms with Gasteiger partial charge < -0.3 is 19.7 Å². The summed E-state index contributed by atoms with van der Waals surface area (Å²) in [6.07, 6.45) is 2.18. The highest BCUT2D eigenvalue weighted by atomic mass is 19.1. The molecule has 2 aliphatic rings. The third-order valence-electron chi connectivity index (χ3n) is 6.49. The first kappa shape index (κ1) is 23.8. The molecule has 8 heteroatoms. The van der Waals surface area contributed by atoms with Gasteiger partial charge in [0.25, 0.3) is 0 Å². The lowest BCUT2D eigenvalue weighted by Crippen LogP contribution is -2.36. The van der Waals surface area contributed by atoms with Crippen LogP contribution in [0, 0.1) is 26.6 Å². The normalized spacial score (nSPS) is 18.5. The number of nitrogens with one attached hydrogen (secondary N) is 1. The molecule has 2 aromatic carbocycles. The van der Waals surface area contributed by atoms with Gasteiger partial charge in [0, 0.05) is 19.2 Å². The van der Waals surface area contributed by atoms with E-state index in [2.05, 4.69) is 19.2 Å². The van der Waals surface area contributed by atoms with Crippen molar-refractivity contribution >= 4 is 29.5 Å². The molecule has 1 atom stereocenters. The number of morpholine rings is 1. The zero-order valence-corrected chi connectivity index (χ0v) is 19.8. The van der Waals surface area contributed by atoms with Gasteiger partial charge in [0.05, 0.1) is 37.7 Å². The number of aryl methyl sites for hydroxylation is 1. The molecule has 2 saturated heterocycles. The average Bonchev–Trinajstić information content (AvgIpc) is 3.21. The lowest BCUT2D eigenvalue weighted by molar-refractivity contribution is -0.116. The summed E-state index contributed by atoms with van der Waals surface area (Å²) in [5.74, 6) is -0.663. The molecule has 0 spiro atoms. The number of cyclic esters (lactones) is 1. The van der Waals surface area contributed by atoms with E-state index >= 15 is 0 Å². The summed E-state index contributed by atoms with van der Waals surface area (Å²) < 4.78 is 25.4. The number of hydrogen-bond acceptors (Lipinski definition) is 5. The van der Waals surface area contributed by atoms with Crippen LogP contribution in [-0.4, -0.2) is 57.5 Å². The lowest BCUT2D eigenvalue weighted by atomic mass is 9.98. The Morgan fingerprint density at radius 2 is 1.91 bits per heavy atom. The van der Waals surface area contributed by atoms with E-state index < -0.39 is 18.0 Å². The van der Waals surface area contributed by atoms with E-state index in [0.29, 0.717) is 37.7 Å². The van der Waals surface area contributed by atoms with E-state index in [1.54, 1.807) is 18.2 Å². The third-order valence-corrected chi connectivity index (χ3v) is 6.49. The SMILES string of the molecule is Cc1ccc(/C=C/C(=O)NCC2CN(c3ccc(N4CCOCC4)c(F)c3)C(=O)O2)c(C)c1C. The fourth-order valence-electron chi connectivity index (χ4n) is 4.16. The molecule has 34 heavy (non-hydrogen) atoms. The highest BCUT2D eigenvalue weighted by Gasteiger charge is 2.33. The van der Waals surface area contributed by atoms with Crippen molar-refractivity contribution in [3.05, 3.63) is 64.5 Å². The lowest BCUT2D eigenvalue weighted by Gasteiger charge is -2.29. The van der Waals surface area contributed by atoms with Crippen LogP contribution >= 0.6 is 0 Å². The Balaban J connectivity index is 1.33. The van der Waals surface area contributed by atoms with Gasteiger partial charge in [0.15, 0.2) is 0 Å². The largest absolute Gasteiger partial charge is 0.442 e. The second kappa shape index (κ2) is 10.3. The van der Waals surface area contributed by atoms with Crippen molar-refractivity contribution in [1.29, 1.82) is 0 Å². The van der Waals surface area contributed by atoms with Crippen LogP contribution in [0.25, 0.3) is 6.08 Å². The van der Waals surface area contributed by atoms with E-state index in [0.717, 1.165) is 11.1 Å². The van der Waals surface area contributed by atoms with Gasteiger partial charge in [-0.1, -0.05) is 12.1 Å². The summed E-state index contributed by atoms with van der Waals surface area (Å²) in [7, 11) is 0. The predicted octanol–water partition coefficient (Wildman–Crippen LogP) is 3.74. The van der Waals surface area contributed by atoms with Gasteiger partial charge in [-0.15, -0.1) is 0 Å². The van der Waals surface area contributed by atoms with Gasteiger partial charge in [-0.3, -0.25) is 9.69 Å². The molecular formula is C26H30FN3O4. The molecule has 1 N–H and O–H groups in total. The van der Waals surface area contributed by atoms with Crippen molar-refractivity contribution < 1.29 is 23.5 Å². The number of carbonyl (C=O) groups is 2. The zero-order valence-electron chi connectivity index (χ0n) is 19.8. The molecule has 0 bridgehead atoms. The van der Waals surface area contributed by atoms with Crippen LogP contribution in [-0.2, 0) is 14.3 Å². The number of amides is 2. The van der Waals surface area contributed by atoms with Gasteiger partial charge in [-0.05, 0) is 67.3 Å². The maximum Gasteiger partial charge on any atom is 0.414 e. The number of hydrogen-bond donors (Lipinski definition) is 1. The minimum Gasteiger partial charge on any atom is -0.442 e. The molecule has 2 amide bonds. The number of rotatable bonds is 6. The number of anilines is 2. The molecule has 0 aliphatic carbocycles. The smallest absolute Gasteiger partial charge is 0.414 e. The Kier molecular flexibility index (Phi) is 7.17. The number of benzene rings is 2. The third kappa shape index (κ3) is 5.22. The Bertz CT molecular complexity index is 1110. The summed E-state index contributed by atoms with van der Waals surface area (Å²) in [4.78, 5) is 28.0. The first-order valence-corrected chi connectivity index (χ1v) is 11.5. The van der Waals surface area contributed by atoms with Crippen molar-refractivity contribution in [1.82, 2.24) is 5.32 Å². The molecule has 2 aromatic rings. The quantitative estimate of drug-likeness (QED) is 0.656. The average molecular weight is 468 g/mol. The van der Waals surface area contributed by atoms with Crippen LogP contribution in [0.15, 0.2) is 36.4 Å². The highest BCUT2D eigenvalue weighted by molar-refractivity contribution is 5.92. The topological polar surface area (TPSA) is 71.1 Å². The van der Waals surface area contributed by atoms with Gasteiger partial charge >= 0.3 is 6.09 Å². The van der Waals surface area contributed by atoms with Gasteiger partial charge in [-0.2, -0.15) is 0 Å². The fraction of sp³-hybridized carbons (Fsp3) is 0.385. The molecule has 1 unspecified atom stereocenters. The van der Waals surface area contributed by atoms with Crippen LogP contribution in [0.1, 0.15) is 22.3 Å². The number of ether oxygens (including phenoxy) is 2. The summed E-state index contributed by atoms with van der Waals surface area (Å²) in [5, 5.41) is 2.77. The van der Waals surface area contributed by atoms with E-state index in [1.165, 1.54) is 28.2 Å². The summed E-state index contributed by atoms with van der Waals surface area (Å²) in [5.41, 5.74) is 5.46. The second-order valence-corrected chi connectivity index (χ2v) is 8.65. The standard InChI is InChI=1S/C26H30FN3O4/c1-17-4-5-20(19(3)18(17)2)6-9-25(31)28-15-22-16-30(26(32)34-22)21-7-8-24(23(27)14-21)29-10-12-33-13-11-29/h4-9,14,22H,10-13,15-16H2,1-3H3,(H,28,31)/b9-6+. The van der Waals surface area contributed by atoms with Crippen molar-refractivity contribution in [3.8, 4) is 0 Å². The predicted molar refractivity (Wildman–Crippen MR) is 130 cm³/mol. The van der Waals surface area contributed by atoms with Crippen molar-refractivity contribution in [2.75, 3.05) is 49.2 Å². The van der Waals surface area contributed by atoms with Crippen molar-refractivity contribution in [2.45, 2.75) is 26.9 Å². The highest BCUT2D eigenvalue weighted by Crippen LogP contribution is 2.28. The Morgan fingerprint density at radius 3 is 2.65 bits per heavy atom. The molecule has 2 aliphatic heterocycles. The maximum atomic E-state index is 14.7. The Morgan fingerprint density at radius 1 is 1.15 bits per heavy atom. The van der Waals surface area contributed by atoms with E-state index in [1.807, 2.05) is 24.0 Å². The Labute approximate surface area is 199 Å². The van der Waals surface area contributed by atoms with Gasteiger partial charge in [-0.25, -0.2) is 9.18 Å². The minimum atomic E-state index is -0.556. The molecule has 4 rings (SSSR count). The van der Waals surface area contributed by atoms with Crippen LogP contribution in [0.5, 0.6) is 0 Å². The molecule has 0 radical (unpaired) electrons. The monoisotopic (exact) mass is 467 g/mol. The van der Waals surface area contributed by atoms with Crippen molar-refractivity contribution in [2.24, 2.45) is 0 Å². The minimum absolute atomic E-state index is 0.172. The zero-order chi connectivity index (χ0) is 24.2. The van der Waals surface area contributed by atoms with Gasteiger partial charge in [0.2, 0.25) is 5.91 Å². The van der Waals surface area contributed by atoms with Gasteiger partial charge in [0.1, 0.15) is 11.9 Å². The molecule has 7 nitrogen and oxygen atoms in total. The van der Waals surface area contributed by atoms with Crippen LogP contribution in [0.2, 0.25) is 0 Å². The molecule has 0 saturated carbocycles. The van der Waals surface area contributed by atoms with E-state index in [4.69, 9.17) is 9.47 Å². The molecule has 180 valence electrons. The fourth-order valence-corrected chi connectivity index (χ4v) is 4.16. The summed E-state index contributed by atoms with van der Waals surface area (Å²) >= 11 is 0. The van der Waals surface area contributed by atoms with Crippen molar-refractivity contribution in [3.63, 3.8) is 0 Å². The first-order chi connectivity index (χ1) is 16.3. The summed E-state index contributed by atoms with van der Waals surface area (Å²) in [6.45, 7) is 8.93. The van der Waals surface area contributed by atoms with E-state index in [-0.39, 0.29) is 19.0 Å². The van der Waals surface area contributed by atoms with Crippen LogP contribution < -0.4 is 15.1 Å². The molecule has 0 aromatic heterocycles. The summed E-state index contributed by atoms with van der Waals surface area (Å²) in [6, 6.07) is 8.76. The molecular weight excluding hydrogens is 437 g/mol. The number of halogens is 1. The maximum absolute atomic E-state index is 14.7. The second-order valence-electron chi connectivity index (χ2n) is 8.65.